The van der Waals surface area contributed by atoms with Gasteiger partial charge < -0.3 is 54.1 Å². The van der Waals surface area contributed by atoms with E-state index >= 15 is 0 Å². The number of ether oxygens (including phenoxy) is 5. The van der Waals surface area contributed by atoms with Crippen molar-refractivity contribution in [1.82, 2.24) is 4.90 Å². The SMILES string of the molecule is CC1OC(Oc2ccc(CCN(C)C)cc2)C(O)C(OC2OC(COC(=O)C=Cc3ccccc3)C(O)C(O)C2O)C1O. The molecule has 12 heteroatoms. The predicted octanol–water partition coefficient (Wildman–Crippen LogP) is 0.0855. The largest absolute Gasteiger partial charge is 0.462 e. The molecule has 236 valence electrons. The third-order valence-electron chi connectivity index (χ3n) is 7.37. The van der Waals surface area contributed by atoms with E-state index in [-0.39, 0.29) is 0 Å². The summed E-state index contributed by atoms with van der Waals surface area (Å²) in [6.45, 7) is 1.98. The van der Waals surface area contributed by atoms with Gasteiger partial charge in [0.2, 0.25) is 6.29 Å². The van der Waals surface area contributed by atoms with Crippen LogP contribution in [0.3, 0.4) is 0 Å². The molecule has 2 aromatic carbocycles. The number of hydrogen-bond acceptors (Lipinski definition) is 12. The van der Waals surface area contributed by atoms with Crippen LogP contribution in [0.2, 0.25) is 0 Å². The summed E-state index contributed by atoms with van der Waals surface area (Å²) in [5.74, 6) is -0.289. The van der Waals surface area contributed by atoms with Crippen molar-refractivity contribution in [2.24, 2.45) is 0 Å². The molecule has 2 heterocycles. The van der Waals surface area contributed by atoms with Crippen LogP contribution < -0.4 is 4.74 Å². The summed E-state index contributed by atoms with van der Waals surface area (Å²) in [6.07, 6.45) is -10.7. The van der Waals surface area contributed by atoms with Crippen LogP contribution in [-0.4, -0.2) is 125 Å². The Balaban J connectivity index is 1.37. The second-order valence-corrected chi connectivity index (χ2v) is 11.0. The maximum atomic E-state index is 12.2. The number of aliphatic hydroxyl groups is 5. The standard InChI is InChI=1S/C31H41NO11/c1-18-24(34)29(28(38)31(40-18)41-21-12-9-20(10-13-21)15-16-32(2)3)43-30-27(37)26(36)25(35)22(42-30)17-39-23(33)14-11-19-7-5-4-6-8-19/h4-14,18,22,24-31,34-38H,15-17H2,1-3H3. The van der Waals surface area contributed by atoms with Gasteiger partial charge in [0.05, 0.1) is 6.10 Å². The lowest BCUT2D eigenvalue weighted by atomic mass is 9.97. The molecule has 0 aliphatic carbocycles. The number of carbonyl (C=O) groups is 1. The third kappa shape index (κ3) is 8.82. The molecule has 2 aliphatic heterocycles. The molecular weight excluding hydrogens is 562 g/mol. The Hall–Kier alpha value is -2.91. The highest BCUT2D eigenvalue weighted by Gasteiger charge is 2.50. The molecule has 2 aromatic rings. The molecule has 10 unspecified atom stereocenters. The number of nitrogens with zero attached hydrogens (tertiary/aromatic N) is 1. The summed E-state index contributed by atoms with van der Waals surface area (Å²) in [4.78, 5) is 14.3. The quantitative estimate of drug-likeness (QED) is 0.174. The van der Waals surface area contributed by atoms with E-state index in [0.717, 1.165) is 24.1 Å². The highest BCUT2D eigenvalue weighted by Crippen LogP contribution is 2.30. The molecule has 12 nitrogen and oxygen atoms in total. The van der Waals surface area contributed by atoms with E-state index < -0.39 is 74.0 Å². The van der Waals surface area contributed by atoms with Crippen molar-refractivity contribution < 1.29 is 54.0 Å². The van der Waals surface area contributed by atoms with E-state index in [1.165, 1.54) is 6.08 Å². The van der Waals surface area contributed by atoms with Crippen molar-refractivity contribution in [2.75, 3.05) is 27.2 Å². The summed E-state index contributed by atoms with van der Waals surface area (Å²) in [6, 6.07) is 16.4. The number of likely N-dealkylation sites (N-methyl/N-ethyl adjacent to an activating group) is 1. The number of benzene rings is 2. The van der Waals surface area contributed by atoms with Crippen molar-refractivity contribution in [3.63, 3.8) is 0 Å². The van der Waals surface area contributed by atoms with E-state index in [4.69, 9.17) is 23.7 Å². The van der Waals surface area contributed by atoms with Gasteiger partial charge in [-0.15, -0.1) is 0 Å². The molecule has 0 aromatic heterocycles. The van der Waals surface area contributed by atoms with Gasteiger partial charge in [0.1, 0.15) is 55.1 Å². The van der Waals surface area contributed by atoms with Crippen LogP contribution in [0.25, 0.3) is 6.08 Å². The van der Waals surface area contributed by atoms with Gasteiger partial charge in [-0.05, 0) is 56.8 Å². The molecule has 0 radical (unpaired) electrons. The van der Waals surface area contributed by atoms with Gasteiger partial charge in [0, 0.05) is 12.6 Å². The van der Waals surface area contributed by atoms with Gasteiger partial charge in [0.25, 0.3) is 0 Å². The number of carbonyl (C=O) groups excluding carboxylic acids is 1. The first-order valence-corrected chi connectivity index (χ1v) is 14.2. The average molecular weight is 604 g/mol. The van der Waals surface area contributed by atoms with Gasteiger partial charge in [-0.3, -0.25) is 0 Å². The molecular formula is C31H41NO11. The molecule has 0 saturated carbocycles. The molecule has 0 amide bonds. The van der Waals surface area contributed by atoms with Crippen molar-refractivity contribution in [2.45, 2.75) is 74.8 Å². The first-order valence-electron chi connectivity index (χ1n) is 14.2. The summed E-state index contributed by atoms with van der Waals surface area (Å²) < 4.78 is 28.1. The Morgan fingerprint density at radius 2 is 1.56 bits per heavy atom. The zero-order valence-corrected chi connectivity index (χ0v) is 24.4. The van der Waals surface area contributed by atoms with E-state index in [0.29, 0.717) is 5.75 Å². The summed E-state index contributed by atoms with van der Waals surface area (Å²) in [5, 5.41) is 53.3. The Bertz CT molecular complexity index is 1180. The van der Waals surface area contributed by atoms with E-state index in [9.17, 15) is 30.3 Å². The van der Waals surface area contributed by atoms with Crippen LogP contribution in [-0.2, 0) is 30.2 Å². The fraction of sp³-hybridized carbons (Fsp3) is 0.516. The molecule has 2 aliphatic rings. The van der Waals surface area contributed by atoms with Gasteiger partial charge in [0.15, 0.2) is 6.29 Å². The second kappa shape index (κ2) is 15.2. The van der Waals surface area contributed by atoms with Crippen LogP contribution in [0.15, 0.2) is 60.7 Å². The Morgan fingerprint density at radius 3 is 2.23 bits per heavy atom. The monoisotopic (exact) mass is 603 g/mol. The molecule has 2 fully saturated rings. The lowest BCUT2D eigenvalue weighted by Crippen LogP contribution is -2.64. The average Bonchev–Trinajstić information content (AvgIpc) is 3.00. The number of rotatable bonds is 11. The first kappa shape index (κ1) is 33.0. The minimum Gasteiger partial charge on any atom is -0.462 e. The minimum atomic E-state index is -1.74. The topological polar surface area (TPSA) is 168 Å². The maximum Gasteiger partial charge on any atom is 0.330 e. The molecule has 43 heavy (non-hydrogen) atoms. The highest BCUT2D eigenvalue weighted by molar-refractivity contribution is 5.87. The number of hydrogen-bond donors (Lipinski definition) is 5. The lowest BCUT2D eigenvalue weighted by Gasteiger charge is -2.45. The van der Waals surface area contributed by atoms with Crippen LogP contribution in [0.4, 0.5) is 0 Å². The fourth-order valence-corrected chi connectivity index (χ4v) is 4.74. The summed E-state index contributed by atoms with van der Waals surface area (Å²) >= 11 is 0. The van der Waals surface area contributed by atoms with Gasteiger partial charge >= 0.3 is 5.97 Å². The molecule has 4 rings (SSSR count). The zero-order valence-electron chi connectivity index (χ0n) is 24.4. The van der Waals surface area contributed by atoms with Crippen LogP contribution in [0, 0.1) is 0 Å². The van der Waals surface area contributed by atoms with Crippen LogP contribution in [0.5, 0.6) is 5.75 Å². The van der Waals surface area contributed by atoms with Gasteiger partial charge in [-0.25, -0.2) is 4.79 Å². The van der Waals surface area contributed by atoms with Crippen molar-refractivity contribution in [1.29, 1.82) is 0 Å². The summed E-state index contributed by atoms with van der Waals surface area (Å²) in [5.41, 5.74) is 1.88. The highest BCUT2D eigenvalue weighted by atomic mass is 16.7. The van der Waals surface area contributed by atoms with E-state index in [1.54, 1.807) is 37.3 Å². The molecule has 0 bridgehead atoms. The lowest BCUT2D eigenvalue weighted by molar-refractivity contribution is -0.350. The molecule has 10 atom stereocenters. The second-order valence-electron chi connectivity index (χ2n) is 11.0. The Morgan fingerprint density at radius 1 is 0.860 bits per heavy atom. The van der Waals surface area contributed by atoms with Crippen molar-refractivity contribution in [3.05, 3.63) is 71.8 Å². The van der Waals surface area contributed by atoms with E-state index in [2.05, 4.69) is 4.90 Å². The van der Waals surface area contributed by atoms with Gasteiger partial charge in [-0.2, -0.15) is 0 Å². The predicted molar refractivity (Wildman–Crippen MR) is 154 cm³/mol. The zero-order chi connectivity index (χ0) is 31.1. The molecule has 5 N–H and O–H groups in total. The van der Waals surface area contributed by atoms with Gasteiger partial charge in [-0.1, -0.05) is 42.5 Å². The molecule has 2 saturated heterocycles. The first-order chi connectivity index (χ1) is 20.5. The number of aliphatic hydroxyl groups excluding tert-OH is 5. The maximum absolute atomic E-state index is 12.2. The van der Waals surface area contributed by atoms with Crippen LogP contribution in [0.1, 0.15) is 18.1 Å². The minimum absolute atomic E-state index is 0.427. The Kier molecular flexibility index (Phi) is 11.7. The Labute approximate surface area is 250 Å². The molecule has 0 spiro atoms. The smallest absolute Gasteiger partial charge is 0.330 e. The number of esters is 1. The van der Waals surface area contributed by atoms with Crippen molar-refractivity contribution in [3.8, 4) is 5.75 Å². The van der Waals surface area contributed by atoms with E-state index in [1.807, 2.05) is 44.4 Å². The van der Waals surface area contributed by atoms with Crippen molar-refractivity contribution >= 4 is 12.0 Å². The third-order valence-corrected chi connectivity index (χ3v) is 7.37. The van der Waals surface area contributed by atoms with Crippen LogP contribution >= 0.6 is 0 Å². The fourth-order valence-electron chi connectivity index (χ4n) is 4.74. The normalized spacial score (nSPS) is 33.0. The summed E-state index contributed by atoms with van der Waals surface area (Å²) in [7, 11) is 3.99.